The third-order valence-corrected chi connectivity index (χ3v) is 7.07. The number of aromatic nitrogens is 5. The van der Waals surface area contributed by atoms with Gasteiger partial charge in [-0.1, -0.05) is 0 Å². The maximum Gasteiger partial charge on any atom is 0.410 e. The lowest BCUT2D eigenvalue weighted by Gasteiger charge is -2.47. The molecule has 2 aliphatic rings. The number of β-amino-alcohol motifs (C(OH)–C–C–N with tert-alkyl or cyclic N) is 1. The van der Waals surface area contributed by atoms with E-state index >= 15 is 0 Å². The molecule has 0 unspecified atom stereocenters. The van der Waals surface area contributed by atoms with E-state index in [1.54, 1.807) is 32.7 Å². The van der Waals surface area contributed by atoms with E-state index < -0.39 is 17.8 Å². The molecule has 4 aromatic heterocycles. The minimum atomic E-state index is -0.691. The van der Waals surface area contributed by atoms with Crippen molar-refractivity contribution in [2.75, 3.05) is 18.0 Å². The van der Waals surface area contributed by atoms with Crippen LogP contribution >= 0.6 is 0 Å². The van der Waals surface area contributed by atoms with Crippen molar-refractivity contribution in [3.63, 3.8) is 0 Å². The van der Waals surface area contributed by atoms with Gasteiger partial charge in [0.15, 0.2) is 0 Å². The molecule has 3 atom stereocenters. The smallest absolute Gasteiger partial charge is 0.410 e. The predicted molar refractivity (Wildman–Crippen MR) is 139 cm³/mol. The Morgan fingerprint density at radius 3 is 2.58 bits per heavy atom. The summed E-state index contributed by atoms with van der Waals surface area (Å²) < 4.78 is 8.97. The molecule has 4 aromatic rings. The van der Waals surface area contributed by atoms with E-state index in [0.717, 1.165) is 22.3 Å². The fourth-order valence-electron chi connectivity index (χ4n) is 5.34. The highest BCUT2D eigenvalue weighted by Crippen LogP contribution is 2.38. The van der Waals surface area contributed by atoms with Crippen LogP contribution in [0.2, 0.25) is 0 Å². The molecule has 1 N–H and O–H groups in total. The number of rotatable bonds is 3. The Labute approximate surface area is 219 Å². The standard InChI is InChI=1S/C27H28N8O3/c1-27(2,3)38-26(37)33-15-22(36)25-21(33)14-34(25)23-6-5-16(9-29-23)20-7-17(19-11-30-32(4)12-19)13-35-24(20)18(8-28)10-31-35/h5-7,9-13,21-22,25,36H,14-15H2,1-4H3/t21-,22-,25+/m0/s1. The summed E-state index contributed by atoms with van der Waals surface area (Å²) >= 11 is 0. The van der Waals surface area contributed by atoms with Crippen LogP contribution < -0.4 is 4.90 Å². The number of aliphatic hydroxyl groups excluding tert-OH is 1. The largest absolute Gasteiger partial charge is 0.444 e. The van der Waals surface area contributed by atoms with Crippen LogP contribution in [0.1, 0.15) is 26.3 Å². The SMILES string of the molecule is Cn1cc(-c2cc(-c3ccc(N4C[C@H]5[C@@H]4[C@@H](O)CN5C(=O)OC(C)(C)C)nc3)c3c(C#N)cnn3c2)cn1. The van der Waals surface area contributed by atoms with Gasteiger partial charge in [0.2, 0.25) is 0 Å². The Bertz CT molecular complexity index is 1580. The van der Waals surface area contributed by atoms with Crippen molar-refractivity contribution in [2.24, 2.45) is 7.05 Å². The zero-order chi connectivity index (χ0) is 26.8. The molecule has 2 saturated heterocycles. The number of anilines is 1. The molecule has 0 bridgehead atoms. The number of aryl methyl sites for hydroxylation is 1. The first-order valence-corrected chi connectivity index (χ1v) is 12.4. The second-order valence-electron chi connectivity index (χ2n) is 10.8. The van der Waals surface area contributed by atoms with Gasteiger partial charge in [0.25, 0.3) is 0 Å². The van der Waals surface area contributed by atoms with Crippen molar-refractivity contribution in [2.45, 2.75) is 44.6 Å². The Hall–Kier alpha value is -4.43. The summed E-state index contributed by atoms with van der Waals surface area (Å²) in [7, 11) is 1.86. The lowest BCUT2D eigenvalue weighted by atomic mass is 9.95. The Kier molecular flexibility index (Phi) is 5.39. The zero-order valence-corrected chi connectivity index (χ0v) is 21.6. The van der Waals surface area contributed by atoms with Crippen LogP contribution in [-0.2, 0) is 11.8 Å². The first-order valence-electron chi connectivity index (χ1n) is 12.4. The van der Waals surface area contributed by atoms with E-state index in [0.29, 0.717) is 23.4 Å². The molecule has 194 valence electrons. The van der Waals surface area contributed by atoms with Crippen LogP contribution in [0.3, 0.4) is 0 Å². The van der Waals surface area contributed by atoms with Gasteiger partial charge in [-0.2, -0.15) is 15.5 Å². The summed E-state index contributed by atoms with van der Waals surface area (Å²) in [6.07, 6.45) is 7.83. The topological polar surface area (TPSA) is 125 Å². The van der Waals surface area contributed by atoms with Gasteiger partial charge in [-0.3, -0.25) is 9.58 Å². The molecule has 6 heterocycles. The third-order valence-electron chi connectivity index (χ3n) is 7.07. The molecule has 11 heteroatoms. The molecule has 0 aliphatic carbocycles. The monoisotopic (exact) mass is 512 g/mol. The minimum Gasteiger partial charge on any atom is -0.444 e. The quantitative estimate of drug-likeness (QED) is 0.444. The number of pyridine rings is 2. The molecule has 0 aromatic carbocycles. The summed E-state index contributed by atoms with van der Waals surface area (Å²) in [4.78, 5) is 21.0. The fourth-order valence-corrected chi connectivity index (χ4v) is 5.34. The summed E-state index contributed by atoms with van der Waals surface area (Å²) in [6.45, 7) is 6.29. The third kappa shape index (κ3) is 3.94. The molecule has 38 heavy (non-hydrogen) atoms. The van der Waals surface area contributed by atoms with Gasteiger partial charge in [0.1, 0.15) is 17.5 Å². The lowest BCUT2D eigenvalue weighted by Crippen LogP contribution is -2.65. The predicted octanol–water partition coefficient (Wildman–Crippen LogP) is 2.84. The van der Waals surface area contributed by atoms with Crippen molar-refractivity contribution < 1.29 is 14.6 Å². The van der Waals surface area contributed by atoms with Crippen LogP contribution in [0.4, 0.5) is 10.6 Å². The summed E-state index contributed by atoms with van der Waals surface area (Å²) in [6, 6.07) is 7.76. The van der Waals surface area contributed by atoms with Crippen LogP contribution in [0, 0.1) is 11.3 Å². The van der Waals surface area contributed by atoms with Gasteiger partial charge in [-0.15, -0.1) is 0 Å². The highest BCUT2D eigenvalue weighted by molar-refractivity contribution is 5.87. The average molecular weight is 513 g/mol. The van der Waals surface area contributed by atoms with Crippen molar-refractivity contribution >= 4 is 17.4 Å². The van der Waals surface area contributed by atoms with Crippen LogP contribution in [0.25, 0.3) is 27.8 Å². The normalized spacial score (nSPS) is 20.8. The second-order valence-corrected chi connectivity index (χ2v) is 10.8. The number of ether oxygens (including phenoxy) is 1. The first kappa shape index (κ1) is 23.9. The molecule has 0 saturated carbocycles. The molecule has 11 nitrogen and oxygen atoms in total. The van der Waals surface area contributed by atoms with Crippen molar-refractivity contribution in [3.8, 4) is 28.3 Å². The highest BCUT2D eigenvalue weighted by Gasteiger charge is 2.55. The molecule has 0 radical (unpaired) electrons. The maximum absolute atomic E-state index is 12.6. The second kappa shape index (κ2) is 8.56. The van der Waals surface area contributed by atoms with Gasteiger partial charge in [0.05, 0.1) is 48.2 Å². The molecule has 6 rings (SSSR count). The molecule has 2 fully saturated rings. The number of hydrogen-bond acceptors (Lipinski definition) is 8. The van der Waals surface area contributed by atoms with E-state index in [-0.39, 0.29) is 18.6 Å². The number of carbonyl (C=O) groups excluding carboxylic acids is 1. The number of nitrogens with zero attached hydrogens (tertiary/aromatic N) is 8. The van der Waals surface area contributed by atoms with Gasteiger partial charge >= 0.3 is 6.09 Å². The van der Waals surface area contributed by atoms with Crippen LogP contribution in [0.5, 0.6) is 0 Å². The van der Waals surface area contributed by atoms with E-state index in [1.807, 2.05) is 63.3 Å². The zero-order valence-electron chi connectivity index (χ0n) is 21.6. The number of nitriles is 1. The van der Waals surface area contributed by atoms with E-state index in [4.69, 9.17) is 9.72 Å². The van der Waals surface area contributed by atoms with Crippen LogP contribution in [0.15, 0.2) is 49.2 Å². The molecule has 0 spiro atoms. The number of amides is 1. The summed E-state index contributed by atoms with van der Waals surface area (Å²) in [5, 5.41) is 29.1. The van der Waals surface area contributed by atoms with Gasteiger partial charge in [-0.25, -0.2) is 14.3 Å². The average Bonchev–Trinajstić information content (AvgIpc) is 3.53. The van der Waals surface area contributed by atoms with Crippen molar-refractivity contribution in [3.05, 3.63) is 54.7 Å². The Balaban J connectivity index is 1.29. The molecular formula is C27H28N8O3. The highest BCUT2D eigenvalue weighted by atomic mass is 16.6. The number of hydrogen-bond donors (Lipinski definition) is 1. The van der Waals surface area contributed by atoms with Gasteiger partial charge < -0.3 is 14.7 Å². The maximum atomic E-state index is 12.6. The number of aliphatic hydroxyl groups is 1. The van der Waals surface area contributed by atoms with Crippen molar-refractivity contribution in [1.82, 2.24) is 29.3 Å². The minimum absolute atomic E-state index is 0.123. The number of carbonyl (C=O) groups is 1. The van der Waals surface area contributed by atoms with Gasteiger partial charge in [-0.05, 0) is 39.0 Å². The molecule has 2 aliphatic heterocycles. The Morgan fingerprint density at radius 2 is 1.92 bits per heavy atom. The fraction of sp³-hybridized carbons (Fsp3) is 0.370. The number of likely N-dealkylation sites (tertiary alicyclic amines) is 1. The van der Waals surface area contributed by atoms with Crippen LogP contribution in [-0.4, -0.2) is 77.4 Å². The van der Waals surface area contributed by atoms with E-state index in [9.17, 15) is 15.2 Å². The lowest BCUT2D eigenvalue weighted by molar-refractivity contribution is 0.0189. The van der Waals surface area contributed by atoms with E-state index in [1.165, 1.54) is 0 Å². The summed E-state index contributed by atoms with van der Waals surface area (Å²) in [5.74, 6) is 0.716. The Morgan fingerprint density at radius 1 is 1.11 bits per heavy atom. The first-order chi connectivity index (χ1) is 18.1. The van der Waals surface area contributed by atoms with Crippen molar-refractivity contribution in [1.29, 1.82) is 5.26 Å². The summed E-state index contributed by atoms with van der Waals surface area (Å²) in [5.41, 5.74) is 4.10. The number of fused-ring (bicyclic) bond motifs is 2. The molecule has 1 amide bonds. The molecular weight excluding hydrogens is 484 g/mol. The van der Waals surface area contributed by atoms with E-state index in [2.05, 4.69) is 16.3 Å². The van der Waals surface area contributed by atoms with Gasteiger partial charge in [0, 0.05) is 54.4 Å².